The van der Waals surface area contributed by atoms with Gasteiger partial charge in [0, 0.05) is 24.0 Å². The maximum atomic E-state index is 14.5. The minimum atomic E-state index is -4.16. The molecule has 1 atom stereocenters. The van der Waals surface area contributed by atoms with E-state index in [9.17, 15) is 18.0 Å². The predicted molar refractivity (Wildman–Crippen MR) is 181 cm³/mol. The van der Waals surface area contributed by atoms with E-state index in [0.717, 1.165) is 32.7 Å². The molecule has 8 nitrogen and oxygen atoms in total. The Morgan fingerprint density at radius 3 is 2.07 bits per heavy atom. The molecular weight excluding hydrogens is 654 g/mol. The van der Waals surface area contributed by atoms with Crippen molar-refractivity contribution in [2.75, 3.05) is 24.5 Å². The quantitative estimate of drug-likeness (QED) is 0.150. The van der Waals surface area contributed by atoms with E-state index in [1.54, 1.807) is 42.5 Å². The minimum Gasteiger partial charge on any atom is -0.497 e. The van der Waals surface area contributed by atoms with Gasteiger partial charge in [-0.2, -0.15) is 0 Å². The minimum absolute atomic E-state index is 0.0474. The van der Waals surface area contributed by atoms with Crippen LogP contribution >= 0.6 is 15.9 Å². The van der Waals surface area contributed by atoms with Gasteiger partial charge in [0.25, 0.3) is 10.0 Å². The molecule has 1 N–H and O–H groups in total. The number of anilines is 1. The van der Waals surface area contributed by atoms with Gasteiger partial charge in [-0.3, -0.25) is 13.9 Å². The monoisotopic (exact) mass is 691 g/mol. The second kappa shape index (κ2) is 16.2. The highest BCUT2D eigenvalue weighted by Crippen LogP contribution is 2.27. The lowest BCUT2D eigenvalue weighted by molar-refractivity contribution is -0.140. The number of nitrogens with zero attached hydrogens (tertiary/aromatic N) is 2. The molecule has 4 aromatic carbocycles. The summed E-state index contributed by atoms with van der Waals surface area (Å²) in [4.78, 5) is 29.8. The van der Waals surface area contributed by atoms with Crippen LogP contribution in [0.2, 0.25) is 0 Å². The van der Waals surface area contributed by atoms with Crippen LogP contribution in [-0.2, 0) is 32.6 Å². The number of amides is 2. The van der Waals surface area contributed by atoms with Crippen molar-refractivity contribution in [2.45, 2.75) is 43.7 Å². The van der Waals surface area contributed by atoms with Crippen molar-refractivity contribution < 1.29 is 22.7 Å². The molecule has 0 fully saturated rings. The molecule has 0 aliphatic heterocycles. The highest BCUT2D eigenvalue weighted by Gasteiger charge is 2.34. The van der Waals surface area contributed by atoms with Crippen LogP contribution in [0.25, 0.3) is 0 Å². The Morgan fingerprint density at radius 1 is 0.844 bits per heavy atom. The number of benzene rings is 4. The SMILES string of the molecule is CCCCNC(=O)[C@H](Cc1ccccc1)N(Cc1ccc(Br)cc1)C(=O)CN(c1ccc(OC)cc1)S(=O)(=O)c1ccccc1. The van der Waals surface area contributed by atoms with Gasteiger partial charge < -0.3 is 15.0 Å². The van der Waals surface area contributed by atoms with Gasteiger partial charge in [0.05, 0.1) is 17.7 Å². The molecule has 236 valence electrons. The smallest absolute Gasteiger partial charge is 0.264 e. The number of methoxy groups -OCH3 is 1. The average Bonchev–Trinajstić information content (AvgIpc) is 3.07. The third-order valence-corrected chi connectivity index (χ3v) is 9.65. The van der Waals surface area contributed by atoms with Crippen molar-refractivity contribution >= 4 is 43.5 Å². The summed E-state index contributed by atoms with van der Waals surface area (Å²) < 4.78 is 35.3. The molecule has 0 heterocycles. The summed E-state index contributed by atoms with van der Waals surface area (Å²) in [5.74, 6) is -0.259. The van der Waals surface area contributed by atoms with Gasteiger partial charge in [-0.15, -0.1) is 0 Å². The summed E-state index contributed by atoms with van der Waals surface area (Å²) in [6.45, 7) is 2.10. The van der Waals surface area contributed by atoms with E-state index in [-0.39, 0.29) is 23.8 Å². The maximum absolute atomic E-state index is 14.5. The van der Waals surface area contributed by atoms with Crippen LogP contribution in [0, 0.1) is 0 Å². The number of carbonyl (C=O) groups excluding carboxylic acids is 2. The summed E-state index contributed by atoms with van der Waals surface area (Å²) in [5, 5.41) is 3.00. The number of hydrogen-bond donors (Lipinski definition) is 1. The fraction of sp³-hybridized carbons (Fsp3) is 0.257. The van der Waals surface area contributed by atoms with Crippen LogP contribution in [0.4, 0.5) is 5.69 Å². The first-order valence-corrected chi connectivity index (χ1v) is 17.0. The van der Waals surface area contributed by atoms with Crippen LogP contribution in [0.15, 0.2) is 119 Å². The summed E-state index contributed by atoms with van der Waals surface area (Å²) in [6, 6.07) is 30.6. The fourth-order valence-electron chi connectivity index (χ4n) is 4.84. The second-order valence-corrected chi connectivity index (χ2v) is 13.3. The zero-order valence-electron chi connectivity index (χ0n) is 25.4. The van der Waals surface area contributed by atoms with E-state index < -0.39 is 28.5 Å². The highest BCUT2D eigenvalue weighted by atomic mass is 79.9. The molecule has 0 aliphatic carbocycles. The number of ether oxygens (including phenoxy) is 1. The van der Waals surface area contributed by atoms with Crippen molar-refractivity contribution in [3.05, 3.63) is 125 Å². The standard InChI is InChI=1S/C35H38BrN3O5S/c1-3-4-23-37-35(41)33(24-27-11-7-5-8-12-27)38(25-28-15-17-29(36)18-16-28)34(40)26-39(30-19-21-31(44-2)22-20-30)45(42,43)32-13-9-6-10-14-32/h5-22,33H,3-4,23-26H2,1-2H3,(H,37,41)/t33-/m0/s1. The molecule has 4 rings (SSSR count). The molecule has 0 spiro atoms. The molecule has 0 bridgehead atoms. The van der Waals surface area contributed by atoms with Crippen LogP contribution in [0.5, 0.6) is 5.75 Å². The average molecular weight is 693 g/mol. The number of carbonyl (C=O) groups is 2. The Morgan fingerprint density at radius 2 is 1.47 bits per heavy atom. The third kappa shape index (κ3) is 9.18. The first-order chi connectivity index (χ1) is 21.7. The number of halogens is 1. The van der Waals surface area contributed by atoms with Crippen molar-refractivity contribution in [2.24, 2.45) is 0 Å². The molecule has 4 aromatic rings. The molecule has 0 radical (unpaired) electrons. The summed E-state index contributed by atoms with van der Waals surface area (Å²) >= 11 is 3.46. The fourth-order valence-corrected chi connectivity index (χ4v) is 6.54. The number of hydrogen-bond acceptors (Lipinski definition) is 5. The van der Waals surface area contributed by atoms with Crippen molar-refractivity contribution in [3.63, 3.8) is 0 Å². The Labute approximate surface area is 274 Å². The van der Waals surface area contributed by atoms with E-state index in [1.165, 1.54) is 24.1 Å². The van der Waals surface area contributed by atoms with E-state index in [4.69, 9.17) is 4.74 Å². The van der Waals surface area contributed by atoms with Crippen LogP contribution < -0.4 is 14.4 Å². The predicted octanol–water partition coefficient (Wildman–Crippen LogP) is 6.21. The highest BCUT2D eigenvalue weighted by molar-refractivity contribution is 9.10. The first-order valence-electron chi connectivity index (χ1n) is 14.8. The number of nitrogens with one attached hydrogen (secondary N) is 1. The van der Waals surface area contributed by atoms with Gasteiger partial charge in [0.15, 0.2) is 0 Å². The van der Waals surface area contributed by atoms with Gasteiger partial charge in [0.1, 0.15) is 18.3 Å². The Balaban J connectivity index is 1.77. The molecule has 0 aliphatic rings. The number of unbranched alkanes of at least 4 members (excludes halogenated alkanes) is 1. The molecule has 45 heavy (non-hydrogen) atoms. The van der Waals surface area contributed by atoms with Gasteiger partial charge in [-0.25, -0.2) is 8.42 Å². The Hall–Kier alpha value is -4.15. The van der Waals surface area contributed by atoms with Crippen LogP contribution in [0.1, 0.15) is 30.9 Å². The third-order valence-electron chi connectivity index (χ3n) is 7.34. The zero-order chi connectivity index (χ0) is 32.2. The van der Waals surface area contributed by atoms with Crippen LogP contribution in [0.3, 0.4) is 0 Å². The van der Waals surface area contributed by atoms with Crippen molar-refractivity contribution in [3.8, 4) is 5.75 Å². The molecule has 0 aromatic heterocycles. The molecule has 10 heteroatoms. The van der Waals surface area contributed by atoms with E-state index in [0.29, 0.717) is 18.0 Å². The first kappa shape index (κ1) is 33.7. The summed E-state index contributed by atoms with van der Waals surface area (Å²) in [6.07, 6.45) is 1.96. The van der Waals surface area contributed by atoms with Gasteiger partial charge in [-0.1, -0.05) is 89.9 Å². The number of rotatable bonds is 15. The topological polar surface area (TPSA) is 96.0 Å². The number of sulfonamides is 1. The lowest BCUT2D eigenvalue weighted by atomic mass is 10.0. The zero-order valence-corrected chi connectivity index (χ0v) is 27.8. The van der Waals surface area contributed by atoms with Crippen LogP contribution in [-0.4, -0.2) is 51.4 Å². The second-order valence-electron chi connectivity index (χ2n) is 10.5. The van der Waals surface area contributed by atoms with Crippen molar-refractivity contribution in [1.29, 1.82) is 0 Å². The Kier molecular flexibility index (Phi) is 12.2. The van der Waals surface area contributed by atoms with E-state index in [2.05, 4.69) is 21.2 Å². The van der Waals surface area contributed by atoms with Crippen molar-refractivity contribution in [1.82, 2.24) is 10.2 Å². The lowest BCUT2D eigenvalue weighted by Crippen LogP contribution is -2.53. The molecular formula is C35H38BrN3O5S. The summed E-state index contributed by atoms with van der Waals surface area (Å²) in [7, 11) is -2.64. The summed E-state index contributed by atoms with van der Waals surface area (Å²) in [5.41, 5.74) is 1.97. The molecule has 0 saturated heterocycles. The molecule has 0 unspecified atom stereocenters. The van der Waals surface area contributed by atoms with E-state index in [1.807, 2.05) is 61.5 Å². The molecule has 2 amide bonds. The van der Waals surface area contributed by atoms with Gasteiger partial charge >= 0.3 is 0 Å². The normalized spacial score (nSPS) is 11.8. The van der Waals surface area contributed by atoms with Gasteiger partial charge in [0.2, 0.25) is 11.8 Å². The van der Waals surface area contributed by atoms with E-state index >= 15 is 0 Å². The maximum Gasteiger partial charge on any atom is 0.264 e. The largest absolute Gasteiger partial charge is 0.497 e. The molecule has 0 saturated carbocycles. The lowest BCUT2D eigenvalue weighted by Gasteiger charge is -2.34. The van der Waals surface area contributed by atoms with Gasteiger partial charge in [-0.05, 0) is 66.1 Å². The Bertz CT molecular complexity index is 1630.